The fraction of sp³-hybridized carbons (Fsp3) is 0.737. The van der Waals surface area contributed by atoms with E-state index in [-0.39, 0.29) is 5.92 Å². The zero-order valence-electron chi connectivity index (χ0n) is 13.5. The molecule has 1 aromatic rings. The van der Waals surface area contributed by atoms with Crippen molar-refractivity contribution >= 4 is 0 Å². The zero-order valence-corrected chi connectivity index (χ0v) is 13.5. The van der Waals surface area contributed by atoms with Crippen molar-refractivity contribution in [3.63, 3.8) is 0 Å². The molecule has 0 bridgehead atoms. The number of fused-ring (bicyclic) bond motifs is 1. The maximum atomic E-state index is 11.4. The Kier molecular flexibility index (Phi) is 4.35. The predicted molar refractivity (Wildman–Crippen MR) is 86.3 cm³/mol. The average Bonchev–Trinajstić information content (AvgIpc) is 2.46. The van der Waals surface area contributed by atoms with E-state index >= 15 is 0 Å². The maximum Gasteiger partial charge on any atom is 0.0733 e. The first-order valence-electron chi connectivity index (χ1n) is 8.74. The van der Waals surface area contributed by atoms with Gasteiger partial charge in [0.05, 0.1) is 5.60 Å². The summed E-state index contributed by atoms with van der Waals surface area (Å²) >= 11 is 0. The molecule has 1 fully saturated rings. The molecular weight excluding hydrogens is 258 g/mol. The van der Waals surface area contributed by atoms with Crippen LogP contribution in [0.5, 0.6) is 0 Å². The summed E-state index contributed by atoms with van der Waals surface area (Å²) in [6.45, 7) is 4.59. The summed E-state index contributed by atoms with van der Waals surface area (Å²) in [7, 11) is 0. The highest BCUT2D eigenvalue weighted by Crippen LogP contribution is 2.47. The average molecular weight is 287 g/mol. The standard InChI is InChI=1S/C19H29NO/c1-14(2)12-15-6-4-10-19(21,13-15)17-9-3-7-16-8-5-11-20-18(16)17/h5,8,11,14-15,17,21H,3-4,6-7,9-10,12-13H2,1-2H3. The molecule has 1 saturated carbocycles. The molecule has 0 radical (unpaired) electrons. The smallest absolute Gasteiger partial charge is 0.0733 e. The fourth-order valence-electron chi connectivity index (χ4n) is 4.72. The molecule has 21 heavy (non-hydrogen) atoms. The summed E-state index contributed by atoms with van der Waals surface area (Å²) < 4.78 is 0. The van der Waals surface area contributed by atoms with E-state index in [9.17, 15) is 5.11 Å². The number of rotatable bonds is 3. The Hall–Kier alpha value is -0.890. The number of nitrogens with zero attached hydrogens (tertiary/aromatic N) is 1. The molecule has 0 aromatic carbocycles. The zero-order chi connectivity index (χ0) is 14.9. The number of aryl methyl sites for hydroxylation is 1. The van der Waals surface area contributed by atoms with E-state index in [0.29, 0.717) is 5.92 Å². The third-order valence-corrected chi connectivity index (χ3v) is 5.51. The first kappa shape index (κ1) is 15.0. The van der Waals surface area contributed by atoms with Gasteiger partial charge in [-0.05, 0) is 62.0 Å². The lowest BCUT2D eigenvalue weighted by molar-refractivity contribution is -0.0476. The van der Waals surface area contributed by atoms with Crippen LogP contribution >= 0.6 is 0 Å². The minimum Gasteiger partial charge on any atom is -0.389 e. The Morgan fingerprint density at radius 1 is 1.33 bits per heavy atom. The van der Waals surface area contributed by atoms with Crippen molar-refractivity contribution in [2.75, 3.05) is 0 Å². The van der Waals surface area contributed by atoms with Crippen LogP contribution in [0.25, 0.3) is 0 Å². The van der Waals surface area contributed by atoms with Crippen LogP contribution in [0.1, 0.15) is 76.0 Å². The van der Waals surface area contributed by atoms with Crippen molar-refractivity contribution in [1.82, 2.24) is 4.98 Å². The van der Waals surface area contributed by atoms with Crippen LogP contribution in [0.3, 0.4) is 0 Å². The highest BCUT2D eigenvalue weighted by molar-refractivity contribution is 5.28. The normalized spacial score (nSPS) is 33.0. The van der Waals surface area contributed by atoms with E-state index in [4.69, 9.17) is 0 Å². The van der Waals surface area contributed by atoms with Crippen molar-refractivity contribution < 1.29 is 5.11 Å². The van der Waals surface area contributed by atoms with Gasteiger partial charge < -0.3 is 5.11 Å². The van der Waals surface area contributed by atoms with Gasteiger partial charge in [-0.25, -0.2) is 0 Å². The van der Waals surface area contributed by atoms with E-state index in [2.05, 4.69) is 24.9 Å². The van der Waals surface area contributed by atoms with E-state index in [0.717, 1.165) is 31.6 Å². The quantitative estimate of drug-likeness (QED) is 0.889. The Morgan fingerprint density at radius 2 is 2.19 bits per heavy atom. The summed E-state index contributed by atoms with van der Waals surface area (Å²) in [6, 6.07) is 4.24. The van der Waals surface area contributed by atoms with Crippen LogP contribution in [0.15, 0.2) is 18.3 Å². The van der Waals surface area contributed by atoms with Crippen molar-refractivity contribution in [2.45, 2.75) is 76.7 Å². The molecule has 116 valence electrons. The molecule has 3 atom stereocenters. The molecular formula is C19H29NO. The van der Waals surface area contributed by atoms with Crippen molar-refractivity contribution in [3.8, 4) is 0 Å². The molecule has 2 aliphatic rings. The third kappa shape index (κ3) is 3.15. The highest BCUT2D eigenvalue weighted by atomic mass is 16.3. The lowest BCUT2D eigenvalue weighted by Gasteiger charge is -2.44. The van der Waals surface area contributed by atoms with E-state index in [1.165, 1.54) is 36.9 Å². The molecule has 1 aromatic heterocycles. The molecule has 0 amide bonds. The summed E-state index contributed by atoms with van der Waals surface area (Å²) in [5.74, 6) is 1.68. The topological polar surface area (TPSA) is 33.1 Å². The van der Waals surface area contributed by atoms with Gasteiger partial charge >= 0.3 is 0 Å². The van der Waals surface area contributed by atoms with E-state index in [1.54, 1.807) is 0 Å². The lowest BCUT2D eigenvalue weighted by Crippen LogP contribution is -2.43. The van der Waals surface area contributed by atoms with Crippen LogP contribution in [-0.4, -0.2) is 15.7 Å². The largest absolute Gasteiger partial charge is 0.389 e. The second-order valence-corrected chi connectivity index (χ2v) is 7.69. The number of hydrogen-bond donors (Lipinski definition) is 1. The minimum atomic E-state index is -0.513. The van der Waals surface area contributed by atoms with Gasteiger partial charge in [0.1, 0.15) is 0 Å². The molecule has 1 N–H and O–H groups in total. The third-order valence-electron chi connectivity index (χ3n) is 5.51. The summed E-state index contributed by atoms with van der Waals surface area (Å²) in [4.78, 5) is 4.65. The SMILES string of the molecule is CC(C)CC1CCCC(O)(C2CCCc3cccnc32)C1. The van der Waals surface area contributed by atoms with Crippen LogP contribution in [0.4, 0.5) is 0 Å². The van der Waals surface area contributed by atoms with Gasteiger partial charge in [-0.3, -0.25) is 4.98 Å². The van der Waals surface area contributed by atoms with Gasteiger partial charge in [0, 0.05) is 17.8 Å². The molecule has 0 spiro atoms. The second-order valence-electron chi connectivity index (χ2n) is 7.69. The van der Waals surface area contributed by atoms with Gasteiger partial charge in [0.2, 0.25) is 0 Å². The van der Waals surface area contributed by atoms with Crippen molar-refractivity contribution in [2.24, 2.45) is 11.8 Å². The van der Waals surface area contributed by atoms with Gasteiger partial charge in [-0.1, -0.05) is 32.8 Å². The van der Waals surface area contributed by atoms with Crippen LogP contribution in [0, 0.1) is 11.8 Å². The minimum absolute atomic E-state index is 0.261. The number of pyridine rings is 1. The summed E-state index contributed by atoms with van der Waals surface area (Å²) in [5, 5.41) is 11.4. The lowest BCUT2D eigenvalue weighted by atomic mass is 9.65. The van der Waals surface area contributed by atoms with Crippen molar-refractivity contribution in [1.29, 1.82) is 0 Å². The first-order valence-corrected chi connectivity index (χ1v) is 8.74. The number of hydrogen-bond acceptors (Lipinski definition) is 2. The Morgan fingerprint density at radius 3 is 3.00 bits per heavy atom. The molecule has 2 nitrogen and oxygen atoms in total. The second kappa shape index (κ2) is 6.08. The molecule has 0 saturated heterocycles. The molecule has 3 unspecified atom stereocenters. The predicted octanol–water partition coefficient (Wildman–Crippen LogP) is 4.47. The monoisotopic (exact) mass is 287 g/mol. The highest BCUT2D eigenvalue weighted by Gasteiger charge is 2.43. The van der Waals surface area contributed by atoms with Gasteiger partial charge in [0.25, 0.3) is 0 Å². The van der Waals surface area contributed by atoms with E-state index < -0.39 is 5.60 Å². The molecule has 3 rings (SSSR count). The van der Waals surface area contributed by atoms with Gasteiger partial charge in [-0.2, -0.15) is 0 Å². The fourth-order valence-corrected chi connectivity index (χ4v) is 4.72. The van der Waals surface area contributed by atoms with Crippen LogP contribution in [-0.2, 0) is 6.42 Å². The van der Waals surface area contributed by atoms with Crippen LogP contribution in [0.2, 0.25) is 0 Å². The van der Waals surface area contributed by atoms with Crippen LogP contribution < -0.4 is 0 Å². The van der Waals surface area contributed by atoms with Crippen molar-refractivity contribution in [3.05, 3.63) is 29.6 Å². The number of aromatic nitrogens is 1. The Bertz CT molecular complexity index is 484. The maximum absolute atomic E-state index is 11.4. The van der Waals surface area contributed by atoms with Gasteiger partial charge in [-0.15, -0.1) is 0 Å². The summed E-state index contributed by atoms with van der Waals surface area (Å²) in [5.41, 5.74) is 2.05. The molecule has 2 aliphatic carbocycles. The Labute approximate surface area is 129 Å². The first-order chi connectivity index (χ1) is 10.1. The molecule has 0 aliphatic heterocycles. The summed E-state index contributed by atoms with van der Waals surface area (Å²) in [6.07, 6.45) is 11.0. The van der Waals surface area contributed by atoms with E-state index in [1.807, 2.05) is 12.3 Å². The molecule has 2 heteroatoms. The molecule has 1 heterocycles. The number of aliphatic hydroxyl groups is 1. The van der Waals surface area contributed by atoms with Gasteiger partial charge in [0.15, 0.2) is 0 Å². The Balaban J connectivity index is 1.82.